The van der Waals surface area contributed by atoms with Crippen molar-refractivity contribution in [1.29, 1.82) is 0 Å². The summed E-state index contributed by atoms with van der Waals surface area (Å²) < 4.78 is 13.9. The van der Waals surface area contributed by atoms with Gasteiger partial charge in [-0.3, -0.25) is 0 Å². The van der Waals surface area contributed by atoms with Crippen LogP contribution in [0.3, 0.4) is 0 Å². The SMILES string of the molecule is CC(C)Oc1cc(N2CC(C)(C)C2)ccc1-c1cn(CC2CCCCO2)nn1. The molecule has 2 aliphatic heterocycles. The summed E-state index contributed by atoms with van der Waals surface area (Å²) >= 11 is 0. The number of anilines is 1. The van der Waals surface area contributed by atoms with E-state index in [9.17, 15) is 0 Å². The first-order chi connectivity index (χ1) is 13.4. The molecule has 1 unspecified atom stereocenters. The Morgan fingerprint density at radius 1 is 1.25 bits per heavy atom. The zero-order chi connectivity index (χ0) is 19.7. The molecule has 3 heterocycles. The molecule has 0 amide bonds. The second-order valence-electron chi connectivity index (χ2n) is 9.18. The molecule has 4 rings (SSSR count). The predicted octanol–water partition coefficient (Wildman–Crippen LogP) is 4.15. The fourth-order valence-electron chi connectivity index (χ4n) is 4.11. The van der Waals surface area contributed by atoms with Gasteiger partial charge < -0.3 is 14.4 Å². The minimum Gasteiger partial charge on any atom is -0.490 e. The van der Waals surface area contributed by atoms with Crippen LogP contribution in [0.5, 0.6) is 5.75 Å². The molecule has 6 heteroatoms. The standard InChI is InChI=1S/C22H32N4O2/c1-16(2)28-21-11-17(25-14-22(3,4)15-25)8-9-19(21)20-13-26(24-23-20)12-18-7-5-6-10-27-18/h8-9,11,13,16,18H,5-7,10,12,14-15H2,1-4H3. The van der Waals surface area contributed by atoms with Crippen LogP contribution < -0.4 is 9.64 Å². The van der Waals surface area contributed by atoms with E-state index < -0.39 is 0 Å². The number of hydrogen-bond donors (Lipinski definition) is 0. The van der Waals surface area contributed by atoms with Gasteiger partial charge >= 0.3 is 0 Å². The molecule has 6 nitrogen and oxygen atoms in total. The van der Waals surface area contributed by atoms with Crippen LogP contribution in [0.4, 0.5) is 5.69 Å². The largest absolute Gasteiger partial charge is 0.490 e. The molecule has 0 saturated carbocycles. The predicted molar refractivity (Wildman–Crippen MR) is 111 cm³/mol. The van der Waals surface area contributed by atoms with E-state index in [0.717, 1.165) is 56.1 Å². The van der Waals surface area contributed by atoms with Crippen molar-refractivity contribution in [2.24, 2.45) is 5.41 Å². The van der Waals surface area contributed by atoms with E-state index in [4.69, 9.17) is 9.47 Å². The monoisotopic (exact) mass is 384 g/mol. The lowest BCUT2D eigenvalue weighted by atomic mass is 9.84. The highest BCUT2D eigenvalue weighted by Gasteiger charge is 2.34. The minimum absolute atomic E-state index is 0.104. The average molecular weight is 385 g/mol. The third kappa shape index (κ3) is 4.32. The molecule has 152 valence electrons. The van der Waals surface area contributed by atoms with Crippen LogP contribution in [0.25, 0.3) is 11.3 Å². The van der Waals surface area contributed by atoms with Gasteiger partial charge in [0, 0.05) is 37.0 Å². The minimum atomic E-state index is 0.104. The zero-order valence-electron chi connectivity index (χ0n) is 17.5. The van der Waals surface area contributed by atoms with Crippen LogP contribution in [0.2, 0.25) is 0 Å². The molecule has 28 heavy (non-hydrogen) atoms. The molecule has 2 fully saturated rings. The van der Waals surface area contributed by atoms with Gasteiger partial charge in [-0.15, -0.1) is 5.10 Å². The number of rotatable bonds is 6. The van der Waals surface area contributed by atoms with Gasteiger partial charge in [-0.2, -0.15) is 0 Å². The number of benzene rings is 1. The molecule has 0 spiro atoms. The molecule has 1 aromatic heterocycles. The number of aromatic nitrogens is 3. The summed E-state index contributed by atoms with van der Waals surface area (Å²) in [5, 5.41) is 8.75. The average Bonchev–Trinajstić information content (AvgIpc) is 3.08. The van der Waals surface area contributed by atoms with Gasteiger partial charge in [-0.1, -0.05) is 19.1 Å². The van der Waals surface area contributed by atoms with E-state index in [0.29, 0.717) is 5.41 Å². The van der Waals surface area contributed by atoms with E-state index in [1.807, 2.05) is 10.9 Å². The van der Waals surface area contributed by atoms with Crippen LogP contribution >= 0.6 is 0 Å². The van der Waals surface area contributed by atoms with E-state index in [1.54, 1.807) is 0 Å². The molecule has 1 aromatic carbocycles. The summed E-state index contributed by atoms with van der Waals surface area (Å²) in [5.41, 5.74) is 3.44. The van der Waals surface area contributed by atoms with Gasteiger partial charge in [-0.25, -0.2) is 4.68 Å². The normalized spacial score (nSPS) is 21.6. The van der Waals surface area contributed by atoms with Crippen molar-refractivity contribution in [1.82, 2.24) is 15.0 Å². The fourth-order valence-corrected chi connectivity index (χ4v) is 4.11. The van der Waals surface area contributed by atoms with E-state index in [2.05, 4.69) is 61.1 Å². The maximum atomic E-state index is 6.14. The molecule has 0 aliphatic carbocycles. The Morgan fingerprint density at radius 2 is 2.07 bits per heavy atom. The lowest BCUT2D eigenvalue weighted by molar-refractivity contribution is 0.00370. The quantitative estimate of drug-likeness (QED) is 0.749. The summed E-state index contributed by atoms with van der Waals surface area (Å²) in [6, 6.07) is 6.43. The van der Waals surface area contributed by atoms with Crippen molar-refractivity contribution in [3.05, 3.63) is 24.4 Å². The van der Waals surface area contributed by atoms with Crippen LogP contribution in [0.15, 0.2) is 24.4 Å². The first kappa shape index (κ1) is 19.2. The molecular weight excluding hydrogens is 352 g/mol. The van der Waals surface area contributed by atoms with E-state index in [1.165, 1.54) is 12.1 Å². The molecule has 0 N–H and O–H groups in total. The lowest BCUT2D eigenvalue weighted by Crippen LogP contribution is -2.53. The summed E-state index contributed by atoms with van der Waals surface area (Å²) in [7, 11) is 0. The van der Waals surface area contributed by atoms with Crippen LogP contribution in [-0.4, -0.2) is 46.9 Å². The van der Waals surface area contributed by atoms with E-state index in [-0.39, 0.29) is 12.2 Å². The number of ether oxygens (including phenoxy) is 2. The Hall–Kier alpha value is -2.08. The second kappa shape index (κ2) is 7.74. The topological polar surface area (TPSA) is 52.4 Å². The van der Waals surface area contributed by atoms with Crippen molar-refractivity contribution in [2.45, 2.75) is 65.7 Å². The van der Waals surface area contributed by atoms with Crippen LogP contribution in [-0.2, 0) is 11.3 Å². The Labute approximate surface area is 167 Å². The Balaban J connectivity index is 1.54. The van der Waals surface area contributed by atoms with Gasteiger partial charge in [-0.05, 0) is 50.7 Å². The van der Waals surface area contributed by atoms with Gasteiger partial charge in [0.05, 0.1) is 24.9 Å². The molecule has 0 radical (unpaired) electrons. The van der Waals surface area contributed by atoms with Crippen molar-refractivity contribution in [3.63, 3.8) is 0 Å². The zero-order valence-corrected chi connectivity index (χ0v) is 17.5. The summed E-state index contributed by atoms with van der Waals surface area (Å²) in [5.74, 6) is 0.873. The molecule has 1 atom stereocenters. The second-order valence-corrected chi connectivity index (χ2v) is 9.18. The first-order valence-electron chi connectivity index (χ1n) is 10.5. The molecule has 0 bridgehead atoms. The van der Waals surface area contributed by atoms with Gasteiger partial charge in [0.1, 0.15) is 11.4 Å². The summed E-state index contributed by atoms with van der Waals surface area (Å²) in [6.45, 7) is 12.5. The highest BCUT2D eigenvalue weighted by atomic mass is 16.5. The van der Waals surface area contributed by atoms with Crippen molar-refractivity contribution in [2.75, 3.05) is 24.6 Å². The smallest absolute Gasteiger partial charge is 0.131 e. The highest BCUT2D eigenvalue weighted by Crippen LogP contribution is 2.38. The van der Waals surface area contributed by atoms with Crippen LogP contribution in [0.1, 0.15) is 47.0 Å². The number of nitrogens with zero attached hydrogens (tertiary/aromatic N) is 4. The van der Waals surface area contributed by atoms with Gasteiger partial charge in [0.15, 0.2) is 0 Å². The molecular formula is C22H32N4O2. The van der Waals surface area contributed by atoms with E-state index >= 15 is 0 Å². The van der Waals surface area contributed by atoms with Crippen LogP contribution in [0, 0.1) is 5.41 Å². The summed E-state index contributed by atoms with van der Waals surface area (Å²) in [6.07, 6.45) is 5.84. The molecule has 2 aliphatic rings. The fraction of sp³-hybridized carbons (Fsp3) is 0.636. The van der Waals surface area contributed by atoms with Crippen molar-refractivity contribution in [3.8, 4) is 17.0 Å². The molecule has 2 aromatic rings. The third-order valence-electron chi connectivity index (χ3n) is 5.41. The van der Waals surface area contributed by atoms with Crippen molar-refractivity contribution >= 4 is 5.69 Å². The third-order valence-corrected chi connectivity index (χ3v) is 5.41. The van der Waals surface area contributed by atoms with Gasteiger partial charge in [0.2, 0.25) is 0 Å². The van der Waals surface area contributed by atoms with Gasteiger partial charge in [0.25, 0.3) is 0 Å². The lowest BCUT2D eigenvalue weighted by Gasteiger charge is -2.47. The Kier molecular flexibility index (Phi) is 5.32. The maximum Gasteiger partial charge on any atom is 0.131 e. The summed E-state index contributed by atoms with van der Waals surface area (Å²) in [4.78, 5) is 2.40. The maximum absolute atomic E-state index is 6.14. The first-order valence-corrected chi connectivity index (χ1v) is 10.5. The highest BCUT2D eigenvalue weighted by molar-refractivity contribution is 5.71. The van der Waals surface area contributed by atoms with Crippen molar-refractivity contribution < 1.29 is 9.47 Å². The Bertz CT molecular complexity index is 801. The molecule has 2 saturated heterocycles. The number of hydrogen-bond acceptors (Lipinski definition) is 5. The Morgan fingerprint density at radius 3 is 2.75 bits per heavy atom.